The molecule has 154 valence electrons. The SMILES string of the molecule is CN1CCN(c2c(C(=O)O)cc(-c3ccnc(C=Cc4ccccc4)c3)n2N)CC1. The third-order valence-electron chi connectivity index (χ3n) is 5.37. The molecular weight excluding hydrogens is 378 g/mol. The Kier molecular flexibility index (Phi) is 5.54. The van der Waals surface area contributed by atoms with Crippen molar-refractivity contribution in [3.05, 3.63) is 71.5 Å². The van der Waals surface area contributed by atoms with Crippen LogP contribution in [0.1, 0.15) is 21.6 Å². The van der Waals surface area contributed by atoms with Crippen molar-refractivity contribution in [1.29, 1.82) is 0 Å². The number of carboxylic acid groups (broad SMARTS) is 1. The molecular formula is C23H25N5O2. The Labute approximate surface area is 175 Å². The number of benzene rings is 1. The minimum atomic E-state index is -0.979. The van der Waals surface area contributed by atoms with E-state index >= 15 is 0 Å². The number of pyridine rings is 1. The molecule has 0 spiro atoms. The third-order valence-corrected chi connectivity index (χ3v) is 5.37. The topological polar surface area (TPSA) is 87.6 Å². The number of piperazine rings is 1. The fraction of sp³-hybridized carbons (Fsp3) is 0.217. The van der Waals surface area contributed by atoms with E-state index in [0.29, 0.717) is 11.5 Å². The summed E-state index contributed by atoms with van der Waals surface area (Å²) < 4.78 is 1.49. The number of anilines is 1. The second kappa shape index (κ2) is 8.42. The normalized spacial score (nSPS) is 15.0. The van der Waals surface area contributed by atoms with Gasteiger partial charge in [0.25, 0.3) is 0 Å². The minimum Gasteiger partial charge on any atom is -0.478 e. The second-order valence-electron chi connectivity index (χ2n) is 7.45. The van der Waals surface area contributed by atoms with E-state index in [1.165, 1.54) is 4.68 Å². The molecule has 0 bridgehead atoms. The zero-order valence-electron chi connectivity index (χ0n) is 16.9. The van der Waals surface area contributed by atoms with Crippen LogP contribution in [0.15, 0.2) is 54.7 Å². The van der Waals surface area contributed by atoms with Crippen LogP contribution in [0.25, 0.3) is 23.4 Å². The van der Waals surface area contributed by atoms with Gasteiger partial charge in [0.1, 0.15) is 11.4 Å². The van der Waals surface area contributed by atoms with Gasteiger partial charge in [-0.15, -0.1) is 0 Å². The molecule has 0 saturated carbocycles. The highest BCUT2D eigenvalue weighted by Crippen LogP contribution is 2.31. The summed E-state index contributed by atoms with van der Waals surface area (Å²) in [7, 11) is 2.06. The Morgan fingerprint density at radius 2 is 1.80 bits per heavy atom. The quantitative estimate of drug-likeness (QED) is 0.637. The smallest absolute Gasteiger partial charge is 0.339 e. The predicted molar refractivity (Wildman–Crippen MR) is 120 cm³/mol. The van der Waals surface area contributed by atoms with Crippen molar-refractivity contribution >= 4 is 23.9 Å². The van der Waals surface area contributed by atoms with Crippen molar-refractivity contribution in [2.75, 3.05) is 44.0 Å². The molecule has 3 heterocycles. The first-order chi connectivity index (χ1) is 14.5. The van der Waals surface area contributed by atoms with Gasteiger partial charge in [-0.1, -0.05) is 36.4 Å². The van der Waals surface area contributed by atoms with Crippen LogP contribution in [0.2, 0.25) is 0 Å². The van der Waals surface area contributed by atoms with E-state index in [4.69, 9.17) is 5.84 Å². The van der Waals surface area contributed by atoms with Crippen molar-refractivity contribution in [1.82, 2.24) is 14.6 Å². The summed E-state index contributed by atoms with van der Waals surface area (Å²) in [6, 6.07) is 15.4. The fourth-order valence-corrected chi connectivity index (χ4v) is 3.68. The highest BCUT2D eigenvalue weighted by molar-refractivity contribution is 5.96. The van der Waals surface area contributed by atoms with Gasteiger partial charge in [0.2, 0.25) is 0 Å². The fourth-order valence-electron chi connectivity index (χ4n) is 3.68. The van der Waals surface area contributed by atoms with Crippen LogP contribution in [-0.4, -0.2) is 58.9 Å². The van der Waals surface area contributed by atoms with E-state index in [-0.39, 0.29) is 5.56 Å². The first-order valence-corrected chi connectivity index (χ1v) is 9.90. The lowest BCUT2D eigenvalue weighted by Crippen LogP contribution is -2.46. The number of nitrogen functional groups attached to an aromatic ring is 1. The van der Waals surface area contributed by atoms with Crippen molar-refractivity contribution in [3.8, 4) is 11.3 Å². The van der Waals surface area contributed by atoms with Gasteiger partial charge in [-0.25, -0.2) is 9.47 Å². The lowest BCUT2D eigenvalue weighted by Gasteiger charge is -2.34. The number of likely N-dealkylation sites (N-methyl/N-ethyl adjacent to an activating group) is 1. The summed E-state index contributed by atoms with van der Waals surface area (Å²) in [6.45, 7) is 3.20. The number of carboxylic acids is 1. The number of hydrogen-bond acceptors (Lipinski definition) is 5. The Morgan fingerprint density at radius 1 is 1.07 bits per heavy atom. The number of hydrogen-bond donors (Lipinski definition) is 2. The molecule has 3 aromatic rings. The summed E-state index contributed by atoms with van der Waals surface area (Å²) in [4.78, 5) is 20.6. The highest BCUT2D eigenvalue weighted by Gasteiger charge is 2.26. The average molecular weight is 403 g/mol. The van der Waals surface area contributed by atoms with Gasteiger partial charge in [0.15, 0.2) is 0 Å². The van der Waals surface area contributed by atoms with Crippen molar-refractivity contribution in [2.45, 2.75) is 0 Å². The standard InChI is InChI=1S/C23H25N5O2/c1-26-11-13-27(14-12-26)22-20(23(29)30)16-21(28(22)24)18-9-10-25-19(15-18)8-7-17-5-3-2-4-6-17/h2-10,15-16H,11-14,24H2,1H3,(H,29,30). The third kappa shape index (κ3) is 4.06. The molecule has 2 aromatic heterocycles. The Morgan fingerprint density at radius 3 is 2.50 bits per heavy atom. The summed E-state index contributed by atoms with van der Waals surface area (Å²) in [5, 5.41) is 9.77. The maximum Gasteiger partial charge on any atom is 0.339 e. The molecule has 7 nitrogen and oxygen atoms in total. The van der Waals surface area contributed by atoms with Gasteiger partial charge >= 0.3 is 5.97 Å². The van der Waals surface area contributed by atoms with Crippen LogP contribution in [-0.2, 0) is 0 Å². The highest BCUT2D eigenvalue weighted by atomic mass is 16.4. The van der Waals surface area contributed by atoms with Crippen molar-refractivity contribution < 1.29 is 9.90 Å². The molecule has 1 saturated heterocycles. The Bertz CT molecular complexity index is 1070. The van der Waals surface area contributed by atoms with Gasteiger partial charge in [-0.3, -0.25) is 4.98 Å². The molecule has 1 aromatic carbocycles. The van der Waals surface area contributed by atoms with Crippen molar-refractivity contribution in [2.24, 2.45) is 0 Å². The van der Waals surface area contributed by atoms with Gasteiger partial charge in [0, 0.05) is 37.9 Å². The van der Waals surface area contributed by atoms with E-state index in [2.05, 4.69) is 16.9 Å². The molecule has 0 radical (unpaired) electrons. The summed E-state index contributed by atoms with van der Waals surface area (Å²) in [6.07, 6.45) is 5.64. The van der Waals surface area contributed by atoms with Gasteiger partial charge in [0.05, 0.1) is 11.4 Å². The molecule has 1 aliphatic rings. The van der Waals surface area contributed by atoms with Crippen LogP contribution in [0.3, 0.4) is 0 Å². The first-order valence-electron chi connectivity index (χ1n) is 9.90. The molecule has 4 rings (SSSR count). The number of carbonyl (C=O) groups is 1. The van der Waals surface area contributed by atoms with E-state index < -0.39 is 5.97 Å². The van der Waals surface area contributed by atoms with Crippen LogP contribution in [0.4, 0.5) is 5.82 Å². The van der Waals surface area contributed by atoms with Gasteiger partial charge in [-0.05, 0) is 36.9 Å². The Balaban J connectivity index is 1.68. The van der Waals surface area contributed by atoms with E-state index in [1.54, 1.807) is 12.3 Å². The van der Waals surface area contributed by atoms with Crippen LogP contribution >= 0.6 is 0 Å². The molecule has 0 amide bonds. The average Bonchev–Trinajstić information content (AvgIpc) is 3.11. The van der Waals surface area contributed by atoms with Gasteiger partial charge < -0.3 is 20.7 Å². The lowest BCUT2D eigenvalue weighted by atomic mass is 10.1. The molecule has 1 aliphatic heterocycles. The second-order valence-corrected chi connectivity index (χ2v) is 7.45. The van der Waals surface area contributed by atoms with Crippen LogP contribution < -0.4 is 10.7 Å². The van der Waals surface area contributed by atoms with Crippen LogP contribution in [0, 0.1) is 0 Å². The first kappa shape index (κ1) is 19.7. The number of nitrogens with zero attached hydrogens (tertiary/aromatic N) is 4. The molecule has 7 heteroatoms. The minimum absolute atomic E-state index is 0.218. The molecule has 30 heavy (non-hydrogen) atoms. The maximum absolute atomic E-state index is 11.9. The molecule has 1 fully saturated rings. The summed E-state index contributed by atoms with van der Waals surface area (Å²) >= 11 is 0. The van der Waals surface area contributed by atoms with Crippen LogP contribution in [0.5, 0.6) is 0 Å². The molecule has 0 aliphatic carbocycles. The predicted octanol–water partition coefficient (Wildman–Crippen LogP) is 2.88. The van der Waals surface area contributed by atoms with E-state index in [1.807, 2.05) is 59.5 Å². The summed E-state index contributed by atoms with van der Waals surface area (Å²) in [5.41, 5.74) is 3.55. The molecule has 3 N–H and O–H groups in total. The number of rotatable bonds is 5. The monoisotopic (exact) mass is 403 g/mol. The Hall–Kier alpha value is -3.58. The van der Waals surface area contributed by atoms with E-state index in [0.717, 1.165) is 43.0 Å². The largest absolute Gasteiger partial charge is 0.478 e. The number of nitrogens with two attached hydrogens (primary N) is 1. The summed E-state index contributed by atoms with van der Waals surface area (Å²) in [5.74, 6) is 5.98. The van der Waals surface area contributed by atoms with Gasteiger partial charge in [-0.2, -0.15) is 0 Å². The zero-order chi connectivity index (χ0) is 21.1. The maximum atomic E-state index is 11.9. The van der Waals surface area contributed by atoms with Crippen molar-refractivity contribution in [3.63, 3.8) is 0 Å². The number of aromatic carboxylic acids is 1. The molecule has 0 atom stereocenters. The molecule has 0 unspecified atom stereocenters. The van der Waals surface area contributed by atoms with E-state index in [9.17, 15) is 9.90 Å². The zero-order valence-corrected chi connectivity index (χ0v) is 16.9. The number of aromatic nitrogens is 2. The lowest BCUT2D eigenvalue weighted by molar-refractivity contribution is 0.0697.